The molecule has 2 heterocycles. The van der Waals surface area contributed by atoms with E-state index >= 15 is 0 Å². The molecule has 0 saturated carbocycles. The zero-order valence-corrected chi connectivity index (χ0v) is 14.9. The fourth-order valence-corrected chi connectivity index (χ4v) is 3.14. The second kappa shape index (κ2) is 8.16. The van der Waals surface area contributed by atoms with Crippen molar-refractivity contribution < 1.29 is 9.53 Å². The summed E-state index contributed by atoms with van der Waals surface area (Å²) in [6.07, 6.45) is 3.73. The Hall–Kier alpha value is -2.34. The summed E-state index contributed by atoms with van der Waals surface area (Å²) < 4.78 is 6.79. The van der Waals surface area contributed by atoms with Crippen molar-refractivity contribution in [2.24, 2.45) is 0 Å². The monoisotopic (exact) mass is 342 g/mol. The lowest BCUT2D eigenvalue weighted by Gasteiger charge is -2.32. The number of carbonyl (C=O) groups is 1. The van der Waals surface area contributed by atoms with Gasteiger partial charge < -0.3 is 15.0 Å². The number of anilines is 1. The number of piperidine rings is 1. The Bertz CT molecular complexity index is 705. The van der Waals surface area contributed by atoms with Gasteiger partial charge in [0.05, 0.1) is 13.2 Å². The van der Waals surface area contributed by atoms with Gasteiger partial charge >= 0.3 is 0 Å². The third kappa shape index (κ3) is 4.60. The van der Waals surface area contributed by atoms with E-state index in [2.05, 4.69) is 41.6 Å². The number of amides is 1. The molecular formula is C19H26N4O2. The van der Waals surface area contributed by atoms with Crippen LogP contribution in [0.3, 0.4) is 0 Å². The Morgan fingerprint density at radius 3 is 2.84 bits per heavy atom. The molecule has 1 aliphatic heterocycles. The van der Waals surface area contributed by atoms with Crippen molar-refractivity contribution in [3.8, 4) is 0 Å². The van der Waals surface area contributed by atoms with Crippen LogP contribution in [-0.4, -0.2) is 53.4 Å². The summed E-state index contributed by atoms with van der Waals surface area (Å²) in [6, 6.07) is 10.6. The van der Waals surface area contributed by atoms with E-state index in [1.807, 2.05) is 11.1 Å². The van der Waals surface area contributed by atoms with Crippen molar-refractivity contribution in [2.75, 3.05) is 32.1 Å². The molecule has 134 valence electrons. The predicted molar refractivity (Wildman–Crippen MR) is 97.8 cm³/mol. The summed E-state index contributed by atoms with van der Waals surface area (Å²) in [5.74, 6) is 0.0187. The maximum atomic E-state index is 12.6. The molecule has 6 nitrogen and oxygen atoms in total. The van der Waals surface area contributed by atoms with Gasteiger partial charge in [0.15, 0.2) is 0 Å². The van der Waals surface area contributed by atoms with E-state index in [0.717, 1.165) is 31.6 Å². The molecule has 1 amide bonds. The van der Waals surface area contributed by atoms with Crippen LogP contribution >= 0.6 is 0 Å². The van der Waals surface area contributed by atoms with E-state index in [4.69, 9.17) is 4.74 Å². The van der Waals surface area contributed by atoms with E-state index in [0.29, 0.717) is 24.9 Å². The summed E-state index contributed by atoms with van der Waals surface area (Å²) in [5.41, 5.74) is 2.92. The Labute approximate surface area is 148 Å². The van der Waals surface area contributed by atoms with Crippen LogP contribution in [0.1, 0.15) is 28.9 Å². The largest absolute Gasteiger partial charge is 0.383 e. The van der Waals surface area contributed by atoms with Crippen molar-refractivity contribution in [1.82, 2.24) is 14.7 Å². The molecule has 2 aromatic rings. The molecule has 3 rings (SSSR count). The fraction of sp³-hybridized carbons (Fsp3) is 0.474. The predicted octanol–water partition coefficient (Wildman–Crippen LogP) is 2.55. The van der Waals surface area contributed by atoms with Crippen LogP contribution in [0.4, 0.5) is 5.69 Å². The summed E-state index contributed by atoms with van der Waals surface area (Å²) in [7, 11) is 1.66. The second-order valence-corrected chi connectivity index (χ2v) is 6.54. The van der Waals surface area contributed by atoms with Crippen LogP contribution in [0, 0.1) is 6.92 Å². The van der Waals surface area contributed by atoms with Gasteiger partial charge in [-0.3, -0.25) is 9.48 Å². The highest BCUT2D eigenvalue weighted by atomic mass is 16.5. The molecule has 0 spiro atoms. The van der Waals surface area contributed by atoms with Crippen LogP contribution in [0.15, 0.2) is 36.5 Å². The highest BCUT2D eigenvalue weighted by Gasteiger charge is 2.24. The summed E-state index contributed by atoms with van der Waals surface area (Å²) in [5, 5.41) is 7.93. The summed E-state index contributed by atoms with van der Waals surface area (Å²) >= 11 is 0. The number of hydrogen-bond donors (Lipinski definition) is 1. The van der Waals surface area contributed by atoms with Gasteiger partial charge in [0.2, 0.25) is 0 Å². The van der Waals surface area contributed by atoms with Gasteiger partial charge in [-0.25, -0.2) is 0 Å². The maximum absolute atomic E-state index is 12.6. The third-order valence-corrected chi connectivity index (χ3v) is 4.56. The lowest BCUT2D eigenvalue weighted by atomic mass is 10.0. The van der Waals surface area contributed by atoms with E-state index in [1.165, 1.54) is 5.56 Å². The highest BCUT2D eigenvalue weighted by Crippen LogP contribution is 2.18. The molecule has 1 N–H and O–H groups in total. The molecule has 0 unspecified atom stereocenters. The van der Waals surface area contributed by atoms with Crippen LogP contribution in [0.25, 0.3) is 0 Å². The number of hydrogen-bond acceptors (Lipinski definition) is 4. The van der Waals surface area contributed by atoms with Gasteiger partial charge in [0.25, 0.3) is 5.91 Å². The first-order chi connectivity index (χ1) is 12.2. The van der Waals surface area contributed by atoms with E-state index in [-0.39, 0.29) is 5.91 Å². The third-order valence-electron chi connectivity index (χ3n) is 4.56. The average molecular weight is 342 g/mol. The molecule has 1 aliphatic rings. The minimum absolute atomic E-state index is 0.0187. The maximum Gasteiger partial charge on any atom is 0.274 e. The van der Waals surface area contributed by atoms with Crippen molar-refractivity contribution in [3.05, 3.63) is 47.8 Å². The minimum atomic E-state index is 0.0187. The molecule has 6 heteroatoms. The zero-order valence-electron chi connectivity index (χ0n) is 14.9. The smallest absolute Gasteiger partial charge is 0.274 e. The number of methoxy groups -OCH3 is 1. The number of carbonyl (C=O) groups excluding carboxylic acids is 1. The molecular weight excluding hydrogens is 316 g/mol. The van der Waals surface area contributed by atoms with Crippen LogP contribution < -0.4 is 5.32 Å². The SMILES string of the molecule is COCCn1ccc(C(=O)N2CCC(Nc3cccc(C)c3)CC2)n1. The quantitative estimate of drug-likeness (QED) is 0.876. The first-order valence-electron chi connectivity index (χ1n) is 8.80. The molecule has 0 atom stereocenters. The molecule has 1 aromatic carbocycles. The molecule has 0 radical (unpaired) electrons. The van der Waals surface area contributed by atoms with E-state index < -0.39 is 0 Å². The van der Waals surface area contributed by atoms with Crippen LogP contribution in [0.2, 0.25) is 0 Å². The van der Waals surface area contributed by atoms with Gasteiger partial charge in [-0.05, 0) is 43.5 Å². The van der Waals surface area contributed by atoms with Crippen molar-refractivity contribution in [3.63, 3.8) is 0 Å². The first kappa shape index (κ1) is 17.5. The number of ether oxygens (including phenoxy) is 1. The molecule has 1 aromatic heterocycles. The molecule has 1 fully saturated rings. The zero-order chi connectivity index (χ0) is 17.6. The summed E-state index contributed by atoms with van der Waals surface area (Å²) in [6.45, 7) is 4.86. The standard InChI is InChI=1S/C19H26N4O2/c1-15-4-3-5-17(14-15)20-16-6-9-22(10-7-16)19(24)18-8-11-23(21-18)12-13-25-2/h3-5,8,11,14,16,20H,6-7,9-10,12-13H2,1-2H3. The second-order valence-electron chi connectivity index (χ2n) is 6.54. The Morgan fingerprint density at radius 2 is 2.12 bits per heavy atom. The van der Waals surface area contributed by atoms with Gasteiger partial charge in [0.1, 0.15) is 5.69 Å². The van der Waals surface area contributed by atoms with Crippen LogP contribution in [-0.2, 0) is 11.3 Å². The van der Waals surface area contributed by atoms with Crippen LogP contribution in [0.5, 0.6) is 0 Å². The average Bonchev–Trinajstić information content (AvgIpc) is 3.09. The fourth-order valence-electron chi connectivity index (χ4n) is 3.14. The lowest BCUT2D eigenvalue weighted by Crippen LogP contribution is -2.42. The number of aryl methyl sites for hydroxylation is 1. The highest BCUT2D eigenvalue weighted by molar-refractivity contribution is 5.92. The number of rotatable bonds is 6. The molecule has 25 heavy (non-hydrogen) atoms. The lowest BCUT2D eigenvalue weighted by molar-refractivity contribution is 0.0711. The van der Waals surface area contributed by atoms with E-state index in [1.54, 1.807) is 17.9 Å². The minimum Gasteiger partial charge on any atom is -0.383 e. The number of likely N-dealkylation sites (tertiary alicyclic amines) is 1. The molecule has 0 aliphatic carbocycles. The Balaban J connectivity index is 1.51. The number of aromatic nitrogens is 2. The Morgan fingerprint density at radius 1 is 1.32 bits per heavy atom. The van der Waals surface area contributed by atoms with Gasteiger partial charge in [-0.1, -0.05) is 12.1 Å². The topological polar surface area (TPSA) is 59.4 Å². The number of nitrogens with zero attached hydrogens (tertiary/aromatic N) is 3. The van der Waals surface area contributed by atoms with Crippen molar-refractivity contribution >= 4 is 11.6 Å². The van der Waals surface area contributed by atoms with Crippen molar-refractivity contribution in [1.29, 1.82) is 0 Å². The van der Waals surface area contributed by atoms with Gasteiger partial charge in [-0.2, -0.15) is 5.10 Å². The van der Waals surface area contributed by atoms with E-state index in [9.17, 15) is 4.79 Å². The first-order valence-corrected chi connectivity index (χ1v) is 8.80. The van der Waals surface area contributed by atoms with Crippen molar-refractivity contribution in [2.45, 2.75) is 32.4 Å². The molecule has 0 bridgehead atoms. The number of nitrogens with one attached hydrogen (secondary N) is 1. The van der Waals surface area contributed by atoms with Gasteiger partial charge in [0, 0.05) is 38.1 Å². The Kier molecular flexibility index (Phi) is 5.71. The molecule has 1 saturated heterocycles. The number of benzene rings is 1. The van der Waals surface area contributed by atoms with Gasteiger partial charge in [-0.15, -0.1) is 0 Å². The normalized spacial score (nSPS) is 15.4. The summed E-state index contributed by atoms with van der Waals surface area (Å²) in [4.78, 5) is 14.5.